The van der Waals surface area contributed by atoms with Crippen LogP contribution < -0.4 is 11.1 Å². The van der Waals surface area contributed by atoms with Crippen molar-refractivity contribution < 1.29 is 4.79 Å². The number of nitrogens with two attached hydrogens (primary N) is 1. The maximum atomic E-state index is 12.0. The van der Waals surface area contributed by atoms with Crippen molar-refractivity contribution in [2.45, 2.75) is 71.6 Å². The van der Waals surface area contributed by atoms with Crippen LogP contribution in [0.25, 0.3) is 0 Å². The summed E-state index contributed by atoms with van der Waals surface area (Å²) in [5, 5.41) is 2.95. The van der Waals surface area contributed by atoms with Crippen LogP contribution in [0.2, 0.25) is 0 Å². The van der Waals surface area contributed by atoms with Crippen LogP contribution in [-0.4, -0.2) is 29.4 Å². The maximum absolute atomic E-state index is 12.0. The van der Waals surface area contributed by atoms with Gasteiger partial charge in [0.1, 0.15) is 0 Å². The minimum absolute atomic E-state index is 0.0597. The molecule has 1 aromatic rings. The van der Waals surface area contributed by atoms with Gasteiger partial charge >= 0.3 is 0 Å². The van der Waals surface area contributed by atoms with Crippen molar-refractivity contribution in [3.05, 3.63) is 35.4 Å². The average molecular weight is 332 g/mol. The molecule has 1 amide bonds. The third-order valence-electron chi connectivity index (χ3n) is 5.38. The molecule has 0 radical (unpaired) electrons. The van der Waals surface area contributed by atoms with Gasteiger partial charge in [-0.05, 0) is 43.4 Å². The fourth-order valence-electron chi connectivity index (χ4n) is 3.21. The molecule has 0 aliphatic carbocycles. The van der Waals surface area contributed by atoms with Crippen LogP contribution in [0, 0.1) is 5.92 Å². The highest BCUT2D eigenvalue weighted by atomic mass is 16.2. The predicted octanol–water partition coefficient (Wildman–Crippen LogP) is 3.05. The Labute approximate surface area is 146 Å². The summed E-state index contributed by atoms with van der Waals surface area (Å²) in [6, 6.07) is 8.84. The lowest BCUT2D eigenvalue weighted by Gasteiger charge is -2.33. The second-order valence-electron chi connectivity index (χ2n) is 7.26. The summed E-state index contributed by atoms with van der Waals surface area (Å²) in [5.41, 5.74) is 8.42. The second-order valence-corrected chi connectivity index (χ2v) is 7.26. The van der Waals surface area contributed by atoms with Crippen LogP contribution in [0.3, 0.4) is 0 Å². The number of carbonyl (C=O) groups is 1. The molecule has 134 valence electrons. The zero-order chi connectivity index (χ0) is 17.5. The van der Waals surface area contributed by atoms with E-state index in [1.54, 1.807) is 0 Å². The molecule has 4 heteroatoms. The Morgan fingerprint density at radius 3 is 2.58 bits per heavy atom. The molecule has 1 saturated heterocycles. The predicted molar refractivity (Wildman–Crippen MR) is 99.4 cm³/mol. The standard InChI is InChI=1S/C20H33N3O/c1-4-15(2)19(21)20(24)22-13-17-8-10-18(11-9-17)14-23-12-6-5-7-16(23)3/h8-11,15-16,19H,4-7,12-14,21H2,1-3H3,(H,22,24). The number of hydrogen-bond acceptors (Lipinski definition) is 3. The van der Waals surface area contributed by atoms with Gasteiger partial charge in [-0.3, -0.25) is 9.69 Å². The molecule has 3 atom stereocenters. The van der Waals surface area contributed by atoms with Crippen LogP contribution in [-0.2, 0) is 17.9 Å². The van der Waals surface area contributed by atoms with Crippen LogP contribution in [0.15, 0.2) is 24.3 Å². The van der Waals surface area contributed by atoms with Crippen LogP contribution >= 0.6 is 0 Å². The SMILES string of the molecule is CCC(C)C(N)C(=O)NCc1ccc(CN2CCCCC2C)cc1. The quantitative estimate of drug-likeness (QED) is 0.807. The minimum Gasteiger partial charge on any atom is -0.351 e. The van der Waals surface area contributed by atoms with E-state index in [2.05, 4.69) is 48.3 Å². The van der Waals surface area contributed by atoms with E-state index < -0.39 is 6.04 Å². The van der Waals surface area contributed by atoms with Crippen molar-refractivity contribution in [2.24, 2.45) is 11.7 Å². The highest BCUT2D eigenvalue weighted by Crippen LogP contribution is 2.19. The van der Waals surface area contributed by atoms with Crippen molar-refractivity contribution in [1.29, 1.82) is 0 Å². The monoisotopic (exact) mass is 331 g/mol. The molecule has 1 aliphatic heterocycles. The fourth-order valence-corrected chi connectivity index (χ4v) is 3.21. The highest BCUT2D eigenvalue weighted by Gasteiger charge is 2.19. The Bertz CT molecular complexity index is 514. The van der Waals surface area contributed by atoms with Gasteiger partial charge in [0.05, 0.1) is 6.04 Å². The van der Waals surface area contributed by atoms with E-state index in [4.69, 9.17) is 5.73 Å². The maximum Gasteiger partial charge on any atom is 0.237 e. The van der Waals surface area contributed by atoms with Gasteiger partial charge in [-0.25, -0.2) is 0 Å². The smallest absolute Gasteiger partial charge is 0.237 e. The minimum atomic E-state index is -0.421. The molecule has 3 N–H and O–H groups in total. The second kappa shape index (κ2) is 9.19. The largest absolute Gasteiger partial charge is 0.351 e. The first kappa shape index (κ1) is 18.9. The summed E-state index contributed by atoms with van der Waals surface area (Å²) in [4.78, 5) is 14.6. The van der Waals surface area contributed by atoms with E-state index in [1.807, 2.05) is 6.92 Å². The van der Waals surface area contributed by atoms with Crippen molar-refractivity contribution in [1.82, 2.24) is 10.2 Å². The van der Waals surface area contributed by atoms with Crippen molar-refractivity contribution in [3.8, 4) is 0 Å². The van der Waals surface area contributed by atoms with Crippen LogP contribution in [0.4, 0.5) is 0 Å². The van der Waals surface area contributed by atoms with Crippen LogP contribution in [0.1, 0.15) is 57.6 Å². The molecule has 0 saturated carbocycles. The van der Waals surface area contributed by atoms with E-state index in [9.17, 15) is 4.79 Å². The first-order valence-electron chi connectivity index (χ1n) is 9.36. The van der Waals surface area contributed by atoms with Crippen molar-refractivity contribution in [2.75, 3.05) is 6.54 Å². The molecule has 0 aromatic heterocycles. The van der Waals surface area contributed by atoms with Gasteiger partial charge in [-0.2, -0.15) is 0 Å². The molecule has 2 rings (SSSR count). The van der Waals surface area contributed by atoms with Gasteiger partial charge < -0.3 is 11.1 Å². The Morgan fingerprint density at radius 2 is 1.96 bits per heavy atom. The topological polar surface area (TPSA) is 58.4 Å². The Hall–Kier alpha value is -1.39. The number of benzene rings is 1. The number of nitrogens with zero attached hydrogens (tertiary/aromatic N) is 1. The Kier molecular flexibility index (Phi) is 7.25. The molecule has 3 unspecified atom stereocenters. The number of carbonyl (C=O) groups excluding carboxylic acids is 1. The number of nitrogens with one attached hydrogen (secondary N) is 1. The number of likely N-dealkylation sites (tertiary alicyclic amines) is 1. The molecule has 1 aliphatic rings. The van der Waals surface area contributed by atoms with Crippen molar-refractivity contribution >= 4 is 5.91 Å². The third-order valence-corrected chi connectivity index (χ3v) is 5.38. The van der Waals surface area contributed by atoms with Gasteiger partial charge in [-0.1, -0.05) is 51.0 Å². The summed E-state index contributed by atoms with van der Waals surface area (Å²) >= 11 is 0. The molecule has 0 spiro atoms. The third kappa shape index (κ3) is 5.32. The fraction of sp³-hybridized carbons (Fsp3) is 0.650. The molecule has 1 aromatic carbocycles. The van der Waals surface area contributed by atoms with Crippen LogP contribution in [0.5, 0.6) is 0 Å². The summed E-state index contributed by atoms with van der Waals surface area (Å²) in [7, 11) is 0. The van der Waals surface area contributed by atoms with E-state index in [1.165, 1.54) is 31.4 Å². The summed E-state index contributed by atoms with van der Waals surface area (Å²) < 4.78 is 0. The lowest BCUT2D eigenvalue weighted by Crippen LogP contribution is -2.44. The number of piperidine rings is 1. The molecule has 0 bridgehead atoms. The Balaban J connectivity index is 1.82. The average Bonchev–Trinajstić information content (AvgIpc) is 2.61. The summed E-state index contributed by atoms with van der Waals surface area (Å²) in [6.45, 7) is 9.16. The van der Waals surface area contributed by atoms with Crippen molar-refractivity contribution in [3.63, 3.8) is 0 Å². The zero-order valence-electron chi connectivity index (χ0n) is 15.4. The van der Waals surface area contributed by atoms with Gasteiger partial charge in [0.2, 0.25) is 5.91 Å². The molecule has 24 heavy (non-hydrogen) atoms. The number of hydrogen-bond donors (Lipinski definition) is 2. The lowest BCUT2D eigenvalue weighted by molar-refractivity contribution is -0.123. The van der Waals surface area contributed by atoms with E-state index in [0.29, 0.717) is 12.6 Å². The summed E-state index contributed by atoms with van der Waals surface area (Å²) in [5.74, 6) is 0.148. The van der Waals surface area contributed by atoms with E-state index >= 15 is 0 Å². The molecular weight excluding hydrogens is 298 g/mol. The highest BCUT2D eigenvalue weighted by molar-refractivity contribution is 5.81. The lowest BCUT2D eigenvalue weighted by atomic mass is 9.99. The van der Waals surface area contributed by atoms with Gasteiger partial charge in [0, 0.05) is 19.1 Å². The molecule has 4 nitrogen and oxygen atoms in total. The summed E-state index contributed by atoms with van der Waals surface area (Å²) in [6.07, 6.45) is 4.89. The first-order chi connectivity index (χ1) is 11.5. The van der Waals surface area contributed by atoms with Gasteiger partial charge in [0.25, 0.3) is 0 Å². The Morgan fingerprint density at radius 1 is 1.29 bits per heavy atom. The molecular formula is C20H33N3O. The van der Waals surface area contributed by atoms with E-state index in [0.717, 1.165) is 18.5 Å². The number of amides is 1. The molecule has 1 heterocycles. The zero-order valence-corrected chi connectivity index (χ0v) is 15.4. The van der Waals surface area contributed by atoms with E-state index in [-0.39, 0.29) is 11.8 Å². The molecule has 1 fully saturated rings. The van der Waals surface area contributed by atoms with Gasteiger partial charge in [0.15, 0.2) is 0 Å². The normalized spacial score (nSPS) is 21.2. The van der Waals surface area contributed by atoms with Gasteiger partial charge in [-0.15, -0.1) is 0 Å². The first-order valence-corrected chi connectivity index (χ1v) is 9.36. The number of rotatable bonds is 7.